The maximum absolute atomic E-state index is 12.2. The van der Waals surface area contributed by atoms with Gasteiger partial charge in [0.2, 0.25) is 0 Å². The first kappa shape index (κ1) is 12.8. The molecule has 1 fully saturated rings. The molecule has 1 amide bonds. The molecule has 1 aromatic rings. The average molecular weight is 249 g/mol. The van der Waals surface area contributed by atoms with Gasteiger partial charge in [0.1, 0.15) is 5.82 Å². The van der Waals surface area contributed by atoms with Gasteiger partial charge in [-0.3, -0.25) is 4.79 Å². The van der Waals surface area contributed by atoms with Crippen LogP contribution in [0.2, 0.25) is 0 Å². The molecule has 0 aliphatic heterocycles. The van der Waals surface area contributed by atoms with Gasteiger partial charge in [0.25, 0.3) is 5.91 Å². The molecule has 1 aromatic heterocycles. The van der Waals surface area contributed by atoms with E-state index in [0.29, 0.717) is 12.1 Å². The van der Waals surface area contributed by atoms with Gasteiger partial charge in [-0.25, -0.2) is 4.98 Å². The van der Waals surface area contributed by atoms with Crippen molar-refractivity contribution in [1.82, 2.24) is 9.88 Å². The van der Waals surface area contributed by atoms with Crippen molar-refractivity contribution < 1.29 is 9.90 Å². The van der Waals surface area contributed by atoms with Gasteiger partial charge in [-0.05, 0) is 25.0 Å². The zero-order valence-corrected chi connectivity index (χ0v) is 10.6. The third-order valence-electron chi connectivity index (χ3n) is 3.48. The highest BCUT2D eigenvalue weighted by Gasteiger charge is 2.33. The summed E-state index contributed by atoms with van der Waals surface area (Å²) < 4.78 is 0. The number of aliphatic hydroxyl groups is 1. The quantitative estimate of drug-likeness (QED) is 0.839. The third-order valence-corrected chi connectivity index (χ3v) is 3.48. The van der Waals surface area contributed by atoms with E-state index in [1.807, 2.05) is 0 Å². The zero-order valence-electron chi connectivity index (χ0n) is 10.6. The summed E-state index contributed by atoms with van der Waals surface area (Å²) in [6, 6.07) is 3.33. The molecule has 5 heteroatoms. The summed E-state index contributed by atoms with van der Waals surface area (Å²) in [6.45, 7) is 0.347. The van der Waals surface area contributed by atoms with Gasteiger partial charge in [-0.2, -0.15) is 0 Å². The Hall–Kier alpha value is -1.62. The number of amides is 1. The first-order valence-corrected chi connectivity index (χ1v) is 6.20. The molecule has 5 nitrogen and oxygen atoms in total. The summed E-state index contributed by atoms with van der Waals surface area (Å²) in [4.78, 5) is 17.6. The molecule has 0 atom stereocenters. The van der Waals surface area contributed by atoms with Gasteiger partial charge in [-0.15, -0.1) is 0 Å². The normalized spacial score (nSPS) is 17.7. The van der Waals surface area contributed by atoms with Crippen LogP contribution >= 0.6 is 0 Å². The van der Waals surface area contributed by atoms with Crippen molar-refractivity contribution in [2.75, 3.05) is 19.3 Å². The Balaban J connectivity index is 2.07. The Labute approximate surface area is 107 Å². The van der Waals surface area contributed by atoms with E-state index >= 15 is 0 Å². The molecule has 0 unspecified atom stereocenters. The number of carbonyl (C=O) groups excluding carboxylic acids is 1. The first-order valence-electron chi connectivity index (χ1n) is 6.20. The number of nitrogen functional groups attached to an aromatic ring is 1. The summed E-state index contributed by atoms with van der Waals surface area (Å²) in [6.07, 6.45) is 5.11. The third kappa shape index (κ3) is 2.61. The van der Waals surface area contributed by atoms with Crippen molar-refractivity contribution in [1.29, 1.82) is 0 Å². The maximum Gasteiger partial charge on any atom is 0.257 e. The van der Waals surface area contributed by atoms with Crippen LogP contribution in [0.4, 0.5) is 5.82 Å². The lowest BCUT2D eigenvalue weighted by Gasteiger charge is -2.28. The van der Waals surface area contributed by atoms with E-state index in [1.54, 1.807) is 25.4 Å². The lowest BCUT2D eigenvalue weighted by molar-refractivity contribution is 0.0157. The number of rotatable bonds is 3. The second-order valence-electron chi connectivity index (χ2n) is 5.03. The van der Waals surface area contributed by atoms with Crippen LogP contribution in [-0.4, -0.2) is 40.1 Å². The number of hydrogen-bond acceptors (Lipinski definition) is 4. The molecule has 98 valence electrons. The molecule has 1 aliphatic carbocycles. The van der Waals surface area contributed by atoms with Crippen molar-refractivity contribution in [3.63, 3.8) is 0 Å². The monoisotopic (exact) mass is 249 g/mol. The van der Waals surface area contributed by atoms with E-state index in [-0.39, 0.29) is 11.7 Å². The predicted octanol–water partition coefficient (Wildman–Crippen LogP) is 1.04. The standard InChI is InChI=1S/C13H19N3O2/c1-16(9-13(18)6-2-3-7-13)12(17)10-5-4-8-15-11(10)14/h4-5,8,18H,2-3,6-7,9H2,1H3,(H2,14,15). The van der Waals surface area contributed by atoms with Crippen LogP contribution in [0.15, 0.2) is 18.3 Å². The van der Waals surface area contributed by atoms with Crippen LogP contribution in [0.3, 0.4) is 0 Å². The van der Waals surface area contributed by atoms with Crippen molar-refractivity contribution in [2.45, 2.75) is 31.3 Å². The van der Waals surface area contributed by atoms with Crippen LogP contribution in [0.5, 0.6) is 0 Å². The summed E-state index contributed by atoms with van der Waals surface area (Å²) in [7, 11) is 1.69. The number of nitrogens with zero attached hydrogens (tertiary/aromatic N) is 2. The van der Waals surface area contributed by atoms with Gasteiger partial charge >= 0.3 is 0 Å². The fourth-order valence-corrected chi connectivity index (χ4v) is 2.51. The van der Waals surface area contributed by atoms with E-state index in [0.717, 1.165) is 25.7 Å². The predicted molar refractivity (Wildman–Crippen MR) is 69.0 cm³/mol. The Kier molecular flexibility index (Phi) is 3.52. The number of anilines is 1. The van der Waals surface area contributed by atoms with E-state index < -0.39 is 5.60 Å². The van der Waals surface area contributed by atoms with Crippen molar-refractivity contribution >= 4 is 11.7 Å². The van der Waals surface area contributed by atoms with Crippen molar-refractivity contribution in [2.24, 2.45) is 0 Å². The fraction of sp³-hybridized carbons (Fsp3) is 0.538. The molecule has 0 bridgehead atoms. The minimum Gasteiger partial charge on any atom is -0.388 e. The van der Waals surface area contributed by atoms with Crippen LogP contribution in [0.25, 0.3) is 0 Å². The lowest BCUT2D eigenvalue weighted by atomic mass is 10.0. The Morgan fingerprint density at radius 2 is 2.22 bits per heavy atom. The summed E-state index contributed by atoms with van der Waals surface area (Å²) in [5, 5.41) is 10.3. The van der Waals surface area contributed by atoms with Crippen LogP contribution in [-0.2, 0) is 0 Å². The summed E-state index contributed by atoms with van der Waals surface area (Å²) >= 11 is 0. The van der Waals surface area contributed by atoms with Gasteiger partial charge in [0.05, 0.1) is 11.2 Å². The average Bonchev–Trinajstić information content (AvgIpc) is 2.75. The van der Waals surface area contributed by atoms with Crippen LogP contribution in [0, 0.1) is 0 Å². The van der Waals surface area contributed by atoms with Gasteiger partial charge in [0, 0.05) is 19.8 Å². The largest absolute Gasteiger partial charge is 0.388 e. The molecule has 0 aromatic carbocycles. The molecule has 0 spiro atoms. The molecule has 1 saturated carbocycles. The Morgan fingerprint density at radius 1 is 1.56 bits per heavy atom. The highest BCUT2D eigenvalue weighted by Crippen LogP contribution is 2.30. The molecular weight excluding hydrogens is 230 g/mol. The minimum absolute atomic E-state index is 0.194. The Morgan fingerprint density at radius 3 is 2.83 bits per heavy atom. The van der Waals surface area contributed by atoms with Gasteiger partial charge < -0.3 is 15.7 Å². The lowest BCUT2D eigenvalue weighted by Crippen LogP contribution is -2.42. The van der Waals surface area contributed by atoms with E-state index in [9.17, 15) is 9.90 Å². The summed E-state index contributed by atoms with van der Waals surface area (Å²) in [5.41, 5.74) is 5.33. The molecular formula is C13H19N3O2. The number of carbonyl (C=O) groups is 1. The van der Waals surface area contributed by atoms with Crippen molar-refractivity contribution in [3.05, 3.63) is 23.9 Å². The van der Waals surface area contributed by atoms with Gasteiger partial charge in [0.15, 0.2) is 0 Å². The zero-order chi connectivity index (χ0) is 13.2. The maximum atomic E-state index is 12.2. The number of hydrogen-bond donors (Lipinski definition) is 2. The first-order chi connectivity index (χ1) is 8.52. The highest BCUT2D eigenvalue weighted by molar-refractivity contribution is 5.98. The number of nitrogens with two attached hydrogens (primary N) is 1. The number of aromatic nitrogens is 1. The van der Waals surface area contributed by atoms with Gasteiger partial charge in [-0.1, -0.05) is 12.8 Å². The second kappa shape index (κ2) is 4.94. The molecule has 18 heavy (non-hydrogen) atoms. The van der Waals surface area contributed by atoms with Crippen molar-refractivity contribution in [3.8, 4) is 0 Å². The van der Waals surface area contributed by atoms with Crippen LogP contribution < -0.4 is 5.73 Å². The van der Waals surface area contributed by atoms with Crippen LogP contribution in [0.1, 0.15) is 36.0 Å². The second-order valence-corrected chi connectivity index (χ2v) is 5.03. The smallest absolute Gasteiger partial charge is 0.257 e. The molecule has 2 rings (SSSR count). The molecule has 0 saturated heterocycles. The number of likely N-dealkylation sites (N-methyl/N-ethyl adjacent to an activating group) is 1. The molecule has 0 radical (unpaired) electrons. The Bertz CT molecular complexity index is 442. The fourth-order valence-electron chi connectivity index (χ4n) is 2.51. The topological polar surface area (TPSA) is 79.5 Å². The minimum atomic E-state index is -0.735. The summed E-state index contributed by atoms with van der Waals surface area (Å²) in [5.74, 6) is 0.0358. The van der Waals surface area contributed by atoms with E-state index in [1.165, 1.54) is 4.90 Å². The van der Waals surface area contributed by atoms with E-state index in [4.69, 9.17) is 5.73 Å². The molecule has 1 aliphatic rings. The highest BCUT2D eigenvalue weighted by atomic mass is 16.3. The SMILES string of the molecule is CN(CC1(O)CCCC1)C(=O)c1cccnc1N. The molecule has 3 N–H and O–H groups in total. The molecule has 1 heterocycles. The number of pyridine rings is 1. The van der Waals surface area contributed by atoms with E-state index in [2.05, 4.69) is 4.98 Å².